The maximum atomic E-state index is 13.6. The van der Waals surface area contributed by atoms with Crippen LogP contribution in [0.1, 0.15) is 46.8 Å². The minimum atomic E-state index is -4.03. The second kappa shape index (κ2) is 10.7. The van der Waals surface area contributed by atoms with Crippen molar-refractivity contribution in [2.24, 2.45) is 0 Å². The van der Waals surface area contributed by atoms with Gasteiger partial charge in [-0.05, 0) is 67.3 Å². The lowest BCUT2D eigenvalue weighted by molar-refractivity contribution is -0.114. The molecule has 0 saturated heterocycles. The van der Waals surface area contributed by atoms with Crippen molar-refractivity contribution in [3.63, 3.8) is 0 Å². The molecule has 0 aliphatic heterocycles. The van der Waals surface area contributed by atoms with Crippen LogP contribution in [0.4, 0.5) is 11.4 Å². The number of aryl methyl sites for hydroxylation is 1. The lowest BCUT2D eigenvalue weighted by Gasteiger charge is -2.25. The van der Waals surface area contributed by atoms with Crippen LogP contribution < -0.4 is 9.62 Å². The molecule has 0 aliphatic carbocycles. The zero-order chi connectivity index (χ0) is 25.8. The van der Waals surface area contributed by atoms with Gasteiger partial charge < -0.3 is 10.1 Å². The fourth-order valence-electron chi connectivity index (χ4n) is 3.60. The summed E-state index contributed by atoms with van der Waals surface area (Å²) in [6.45, 7) is 7.21. The number of carbonyl (C=O) groups excluding carboxylic acids is 2. The zero-order valence-corrected chi connectivity index (χ0v) is 21.3. The number of hydrogen-bond donors (Lipinski definition) is 1. The first-order valence-corrected chi connectivity index (χ1v) is 12.7. The monoisotopic (exact) mass is 494 g/mol. The van der Waals surface area contributed by atoms with Crippen LogP contribution in [-0.4, -0.2) is 33.9 Å². The molecule has 3 rings (SSSR count). The number of ether oxygens (including phenoxy) is 1. The van der Waals surface area contributed by atoms with E-state index in [2.05, 4.69) is 5.32 Å². The van der Waals surface area contributed by atoms with Gasteiger partial charge >= 0.3 is 5.97 Å². The van der Waals surface area contributed by atoms with Crippen molar-refractivity contribution in [1.82, 2.24) is 0 Å². The number of benzene rings is 3. The fourth-order valence-corrected chi connectivity index (χ4v) is 5.02. The molecule has 3 aromatic rings. The Labute approximate surface area is 206 Å². The standard InChI is InChI=1S/C27H30N2O5S/c1-18(2)21-11-13-22(14-12-21)29(35(32,33)23-15-9-19(3)10-16-23)17-26(30)28-25-8-6-7-24(20(25)4)27(31)34-5/h6-16,18H,17H2,1-5H3,(H,28,30). The van der Waals surface area contributed by atoms with E-state index < -0.39 is 28.4 Å². The fraction of sp³-hybridized carbons (Fsp3) is 0.259. The van der Waals surface area contributed by atoms with Gasteiger partial charge in [0.2, 0.25) is 5.91 Å². The van der Waals surface area contributed by atoms with Crippen molar-refractivity contribution in [2.75, 3.05) is 23.3 Å². The molecule has 3 aromatic carbocycles. The predicted octanol–water partition coefficient (Wildman–Crippen LogP) is 5.05. The van der Waals surface area contributed by atoms with E-state index >= 15 is 0 Å². The summed E-state index contributed by atoms with van der Waals surface area (Å²) >= 11 is 0. The van der Waals surface area contributed by atoms with Crippen molar-refractivity contribution < 1.29 is 22.7 Å². The lowest BCUT2D eigenvalue weighted by atomic mass is 10.0. The van der Waals surface area contributed by atoms with Crippen molar-refractivity contribution in [1.29, 1.82) is 0 Å². The molecule has 0 aromatic heterocycles. The van der Waals surface area contributed by atoms with Gasteiger partial charge in [0.05, 0.1) is 23.3 Å². The molecular weight excluding hydrogens is 464 g/mol. The average Bonchev–Trinajstić information content (AvgIpc) is 2.83. The Balaban J connectivity index is 1.96. The summed E-state index contributed by atoms with van der Waals surface area (Å²) in [5, 5.41) is 2.74. The number of anilines is 2. The molecule has 7 nitrogen and oxygen atoms in total. The van der Waals surface area contributed by atoms with Gasteiger partial charge in [-0.1, -0.05) is 49.7 Å². The topological polar surface area (TPSA) is 92.8 Å². The number of esters is 1. The maximum absolute atomic E-state index is 13.6. The summed E-state index contributed by atoms with van der Waals surface area (Å²) in [6, 6.07) is 18.5. The van der Waals surface area contributed by atoms with Gasteiger partial charge in [0, 0.05) is 5.69 Å². The van der Waals surface area contributed by atoms with E-state index in [1.807, 2.05) is 32.9 Å². The largest absolute Gasteiger partial charge is 0.465 e. The molecule has 35 heavy (non-hydrogen) atoms. The van der Waals surface area contributed by atoms with E-state index in [0.29, 0.717) is 22.5 Å². The Bertz CT molecular complexity index is 1310. The Morgan fingerprint density at radius 2 is 1.57 bits per heavy atom. The number of nitrogens with zero attached hydrogens (tertiary/aromatic N) is 1. The van der Waals surface area contributed by atoms with Crippen molar-refractivity contribution in [2.45, 2.75) is 38.5 Å². The minimum absolute atomic E-state index is 0.0905. The van der Waals surface area contributed by atoms with Gasteiger partial charge in [-0.3, -0.25) is 9.10 Å². The molecule has 1 amide bonds. The maximum Gasteiger partial charge on any atom is 0.338 e. The van der Waals surface area contributed by atoms with Crippen LogP contribution in [0.25, 0.3) is 0 Å². The third kappa shape index (κ3) is 5.89. The highest BCUT2D eigenvalue weighted by molar-refractivity contribution is 7.92. The lowest BCUT2D eigenvalue weighted by Crippen LogP contribution is -2.38. The number of nitrogens with one attached hydrogen (secondary N) is 1. The molecule has 8 heteroatoms. The third-order valence-corrected chi connectivity index (χ3v) is 7.55. The second-order valence-corrected chi connectivity index (χ2v) is 10.5. The minimum Gasteiger partial charge on any atom is -0.465 e. The number of methoxy groups -OCH3 is 1. The van der Waals surface area contributed by atoms with Crippen LogP contribution in [0, 0.1) is 13.8 Å². The third-order valence-electron chi connectivity index (χ3n) is 5.76. The van der Waals surface area contributed by atoms with Crippen molar-refractivity contribution in [3.8, 4) is 0 Å². The molecule has 184 valence electrons. The summed E-state index contributed by atoms with van der Waals surface area (Å²) in [7, 11) is -2.75. The summed E-state index contributed by atoms with van der Waals surface area (Å²) in [5.74, 6) is -0.786. The molecule has 0 heterocycles. The Morgan fingerprint density at radius 1 is 0.943 bits per heavy atom. The first-order valence-electron chi connectivity index (χ1n) is 11.2. The van der Waals surface area contributed by atoms with Crippen LogP contribution in [0.15, 0.2) is 71.6 Å². The van der Waals surface area contributed by atoms with E-state index in [0.717, 1.165) is 15.4 Å². The number of amides is 1. The molecule has 0 fully saturated rings. The summed E-state index contributed by atoms with van der Waals surface area (Å²) in [5.41, 5.74) is 3.61. The van der Waals surface area contributed by atoms with E-state index in [4.69, 9.17) is 4.74 Å². The first-order chi connectivity index (χ1) is 16.5. The van der Waals surface area contributed by atoms with Gasteiger partial charge in [-0.2, -0.15) is 0 Å². The van der Waals surface area contributed by atoms with Crippen LogP contribution in [0.5, 0.6) is 0 Å². The molecule has 0 spiro atoms. The van der Waals surface area contributed by atoms with Crippen LogP contribution in [-0.2, 0) is 19.6 Å². The number of sulfonamides is 1. The summed E-state index contributed by atoms with van der Waals surface area (Å²) < 4.78 is 33.1. The van der Waals surface area contributed by atoms with E-state index in [1.165, 1.54) is 19.2 Å². The SMILES string of the molecule is COC(=O)c1cccc(NC(=O)CN(c2ccc(C(C)C)cc2)S(=O)(=O)c2ccc(C)cc2)c1C. The smallest absolute Gasteiger partial charge is 0.338 e. The molecule has 0 bridgehead atoms. The van der Waals surface area contributed by atoms with Gasteiger partial charge in [0.1, 0.15) is 6.54 Å². The molecule has 0 unspecified atom stereocenters. The average molecular weight is 495 g/mol. The van der Waals surface area contributed by atoms with Gasteiger partial charge in [-0.25, -0.2) is 13.2 Å². The van der Waals surface area contributed by atoms with Gasteiger partial charge in [-0.15, -0.1) is 0 Å². The second-order valence-electron chi connectivity index (χ2n) is 8.59. The van der Waals surface area contributed by atoms with Crippen LogP contribution >= 0.6 is 0 Å². The number of hydrogen-bond acceptors (Lipinski definition) is 5. The zero-order valence-electron chi connectivity index (χ0n) is 20.5. The molecule has 1 N–H and O–H groups in total. The van der Waals surface area contributed by atoms with Gasteiger partial charge in [0.15, 0.2) is 0 Å². The summed E-state index contributed by atoms with van der Waals surface area (Å²) in [4.78, 5) is 25.2. The highest BCUT2D eigenvalue weighted by Gasteiger charge is 2.27. The first kappa shape index (κ1) is 26.0. The molecule has 0 atom stereocenters. The molecule has 0 saturated carbocycles. The van der Waals surface area contributed by atoms with Gasteiger partial charge in [0.25, 0.3) is 10.0 Å². The normalized spacial score (nSPS) is 11.3. The van der Waals surface area contributed by atoms with E-state index in [-0.39, 0.29) is 10.8 Å². The Morgan fingerprint density at radius 3 is 2.14 bits per heavy atom. The van der Waals surface area contributed by atoms with Crippen molar-refractivity contribution >= 4 is 33.3 Å². The summed E-state index contributed by atoms with van der Waals surface area (Å²) in [6.07, 6.45) is 0. The van der Waals surface area contributed by atoms with Crippen molar-refractivity contribution in [3.05, 3.63) is 89.0 Å². The molecule has 0 aliphatic rings. The van der Waals surface area contributed by atoms with Crippen LogP contribution in [0.2, 0.25) is 0 Å². The highest BCUT2D eigenvalue weighted by atomic mass is 32.2. The molecule has 0 radical (unpaired) electrons. The Hall–Kier alpha value is -3.65. The van der Waals surface area contributed by atoms with E-state index in [9.17, 15) is 18.0 Å². The molecular formula is C27H30N2O5S. The quantitative estimate of drug-likeness (QED) is 0.443. The Kier molecular flexibility index (Phi) is 7.96. The number of rotatable bonds is 8. The van der Waals surface area contributed by atoms with E-state index in [1.54, 1.807) is 49.4 Å². The number of carbonyl (C=O) groups is 2. The highest BCUT2D eigenvalue weighted by Crippen LogP contribution is 2.27. The predicted molar refractivity (Wildman–Crippen MR) is 137 cm³/mol. The van der Waals surface area contributed by atoms with Crippen LogP contribution in [0.3, 0.4) is 0 Å².